The van der Waals surface area contributed by atoms with Gasteiger partial charge in [-0.2, -0.15) is 0 Å². The highest BCUT2D eigenvalue weighted by atomic mass is 32.2. The van der Waals surface area contributed by atoms with Gasteiger partial charge in [-0.1, -0.05) is 17.7 Å². The van der Waals surface area contributed by atoms with Crippen molar-refractivity contribution in [3.8, 4) is 0 Å². The van der Waals surface area contributed by atoms with Gasteiger partial charge in [0.2, 0.25) is 10.0 Å². The number of carbonyl (C=O) groups is 2. The van der Waals surface area contributed by atoms with Gasteiger partial charge in [-0.15, -0.1) is 0 Å². The van der Waals surface area contributed by atoms with E-state index in [9.17, 15) is 18.0 Å². The summed E-state index contributed by atoms with van der Waals surface area (Å²) >= 11 is 0. The first-order valence-corrected chi connectivity index (χ1v) is 11.4. The van der Waals surface area contributed by atoms with Gasteiger partial charge in [-0.3, -0.25) is 4.79 Å². The lowest BCUT2D eigenvalue weighted by Gasteiger charge is -2.32. The molecule has 0 atom stereocenters. The molecule has 3 rings (SSSR count). The Hall–Kier alpha value is -2.71. The van der Waals surface area contributed by atoms with E-state index in [1.165, 1.54) is 43.3 Å². The molecule has 1 aliphatic rings. The molecule has 7 nitrogen and oxygen atoms in total. The van der Waals surface area contributed by atoms with Crippen LogP contribution in [0.4, 0.5) is 10.5 Å². The van der Waals surface area contributed by atoms with Crippen LogP contribution in [-0.4, -0.2) is 56.7 Å². The molecule has 1 aliphatic heterocycles. The van der Waals surface area contributed by atoms with Crippen LogP contribution >= 0.6 is 0 Å². The van der Waals surface area contributed by atoms with Crippen LogP contribution in [0.15, 0.2) is 53.4 Å². The lowest BCUT2D eigenvalue weighted by Crippen LogP contribution is -2.48. The Kier molecular flexibility index (Phi) is 6.58. The average Bonchev–Trinajstić information content (AvgIpc) is 2.75. The van der Waals surface area contributed by atoms with E-state index in [1.54, 1.807) is 17.0 Å². The molecule has 0 aromatic heterocycles. The van der Waals surface area contributed by atoms with Gasteiger partial charge in [0, 0.05) is 32.7 Å². The highest BCUT2D eigenvalue weighted by molar-refractivity contribution is 7.89. The number of imide groups is 1. The first-order valence-electron chi connectivity index (χ1n) is 9.94. The Morgan fingerprint density at radius 3 is 1.97 bits per heavy atom. The number of likely N-dealkylation sites (tertiary alicyclic amines) is 1. The van der Waals surface area contributed by atoms with Gasteiger partial charge < -0.3 is 4.90 Å². The number of hydrogen-bond acceptors (Lipinski definition) is 4. The molecular weight excluding hydrogens is 402 g/mol. The summed E-state index contributed by atoms with van der Waals surface area (Å²) in [6, 6.07) is 12.5. The van der Waals surface area contributed by atoms with Gasteiger partial charge in [0.25, 0.3) is 5.91 Å². The predicted octanol–water partition coefficient (Wildman–Crippen LogP) is 3.50. The Morgan fingerprint density at radius 1 is 0.867 bits per heavy atom. The van der Waals surface area contributed by atoms with Crippen molar-refractivity contribution in [2.24, 2.45) is 0 Å². The number of benzene rings is 2. The number of nitrogens with zero attached hydrogens (tertiary/aromatic N) is 3. The summed E-state index contributed by atoms with van der Waals surface area (Å²) in [4.78, 5) is 29.5. The summed E-state index contributed by atoms with van der Waals surface area (Å²) in [5.41, 5.74) is 1.76. The van der Waals surface area contributed by atoms with Crippen molar-refractivity contribution in [3.05, 3.63) is 59.7 Å². The van der Waals surface area contributed by atoms with E-state index in [2.05, 4.69) is 0 Å². The van der Waals surface area contributed by atoms with Crippen LogP contribution in [0.3, 0.4) is 0 Å². The van der Waals surface area contributed by atoms with E-state index < -0.39 is 15.9 Å². The van der Waals surface area contributed by atoms with Gasteiger partial charge >= 0.3 is 6.03 Å². The minimum atomic E-state index is -3.60. The van der Waals surface area contributed by atoms with Crippen LogP contribution in [0.25, 0.3) is 0 Å². The molecule has 1 fully saturated rings. The van der Waals surface area contributed by atoms with Crippen LogP contribution in [0, 0.1) is 6.92 Å². The summed E-state index contributed by atoms with van der Waals surface area (Å²) in [6.07, 6.45) is 2.90. The first-order chi connectivity index (χ1) is 14.2. The van der Waals surface area contributed by atoms with Gasteiger partial charge in [0.15, 0.2) is 0 Å². The molecule has 0 unspecified atom stereocenters. The SMILES string of the molecule is Cc1ccc(N(C(=O)c2ccc(S(=O)(=O)N(C)C)cc2)C(=O)N2CCCCC2)cc1. The van der Waals surface area contributed by atoms with Crippen molar-refractivity contribution in [3.63, 3.8) is 0 Å². The van der Waals surface area contributed by atoms with Crippen molar-refractivity contribution in [2.45, 2.75) is 31.1 Å². The fraction of sp³-hybridized carbons (Fsp3) is 0.364. The third-order valence-electron chi connectivity index (χ3n) is 5.19. The van der Waals surface area contributed by atoms with Crippen molar-refractivity contribution in [1.29, 1.82) is 0 Å². The van der Waals surface area contributed by atoms with E-state index in [0.717, 1.165) is 29.1 Å². The fourth-order valence-electron chi connectivity index (χ4n) is 3.34. The maximum atomic E-state index is 13.3. The van der Waals surface area contributed by atoms with Crippen molar-refractivity contribution < 1.29 is 18.0 Å². The maximum Gasteiger partial charge on any atom is 0.331 e. The van der Waals surface area contributed by atoms with E-state index in [-0.39, 0.29) is 16.5 Å². The molecule has 1 saturated heterocycles. The molecule has 3 amide bonds. The van der Waals surface area contributed by atoms with Crippen LogP contribution in [-0.2, 0) is 10.0 Å². The highest BCUT2D eigenvalue weighted by Crippen LogP contribution is 2.23. The number of urea groups is 1. The standard InChI is InChI=1S/C22H27N3O4S/c1-17-7-11-19(12-8-17)25(22(27)24-15-5-4-6-16-24)21(26)18-9-13-20(14-10-18)30(28,29)23(2)3/h7-14H,4-6,15-16H2,1-3H3. The second kappa shape index (κ2) is 8.97. The van der Waals surface area contributed by atoms with Crippen molar-refractivity contribution in [1.82, 2.24) is 9.21 Å². The van der Waals surface area contributed by atoms with Gasteiger partial charge in [0.1, 0.15) is 0 Å². The Bertz CT molecular complexity index is 1010. The minimum absolute atomic E-state index is 0.0910. The topological polar surface area (TPSA) is 78.0 Å². The number of piperidine rings is 1. The van der Waals surface area contributed by atoms with Gasteiger partial charge in [-0.05, 0) is 62.6 Å². The molecule has 0 aliphatic carbocycles. The zero-order chi connectivity index (χ0) is 21.9. The Labute approximate surface area is 177 Å². The zero-order valence-corrected chi connectivity index (χ0v) is 18.4. The third-order valence-corrected chi connectivity index (χ3v) is 7.02. The molecule has 30 heavy (non-hydrogen) atoms. The van der Waals surface area contributed by atoms with Crippen LogP contribution < -0.4 is 4.90 Å². The molecule has 0 spiro atoms. The molecular formula is C22H27N3O4S. The average molecular weight is 430 g/mol. The fourth-order valence-corrected chi connectivity index (χ4v) is 4.25. The lowest BCUT2D eigenvalue weighted by atomic mass is 10.1. The molecule has 160 valence electrons. The molecule has 0 N–H and O–H groups in total. The number of hydrogen-bond donors (Lipinski definition) is 0. The summed E-state index contributed by atoms with van der Waals surface area (Å²) in [5.74, 6) is -0.483. The summed E-state index contributed by atoms with van der Waals surface area (Å²) in [6.45, 7) is 3.18. The molecule has 1 heterocycles. The lowest BCUT2D eigenvalue weighted by molar-refractivity contribution is 0.0983. The van der Waals surface area contributed by atoms with Gasteiger partial charge in [0.05, 0.1) is 10.6 Å². The smallest absolute Gasteiger partial charge is 0.324 e. The minimum Gasteiger partial charge on any atom is -0.324 e. The monoisotopic (exact) mass is 429 g/mol. The molecule has 0 bridgehead atoms. The summed E-state index contributed by atoms with van der Waals surface area (Å²) in [5, 5.41) is 0. The normalized spacial score (nSPS) is 14.6. The second-order valence-corrected chi connectivity index (χ2v) is 9.77. The predicted molar refractivity (Wildman–Crippen MR) is 116 cm³/mol. The number of aryl methyl sites for hydroxylation is 1. The molecule has 8 heteroatoms. The molecule has 0 saturated carbocycles. The van der Waals surface area contributed by atoms with Crippen LogP contribution in [0.2, 0.25) is 0 Å². The van der Waals surface area contributed by atoms with E-state index in [1.807, 2.05) is 19.1 Å². The van der Waals surface area contributed by atoms with Crippen molar-refractivity contribution in [2.75, 3.05) is 32.1 Å². The zero-order valence-electron chi connectivity index (χ0n) is 17.5. The Morgan fingerprint density at radius 2 is 1.43 bits per heavy atom. The quantitative estimate of drug-likeness (QED) is 0.745. The number of carbonyl (C=O) groups excluding carboxylic acids is 2. The number of amides is 3. The first kappa shape index (κ1) is 22.0. The van der Waals surface area contributed by atoms with E-state index in [0.29, 0.717) is 18.8 Å². The van der Waals surface area contributed by atoms with Crippen LogP contribution in [0.1, 0.15) is 35.2 Å². The summed E-state index contributed by atoms with van der Waals surface area (Å²) < 4.78 is 25.7. The second-order valence-electron chi connectivity index (χ2n) is 7.62. The molecule has 2 aromatic carbocycles. The highest BCUT2D eigenvalue weighted by Gasteiger charge is 2.30. The summed E-state index contributed by atoms with van der Waals surface area (Å²) in [7, 11) is -0.698. The van der Waals surface area contributed by atoms with Crippen LogP contribution in [0.5, 0.6) is 0 Å². The molecule has 0 radical (unpaired) electrons. The molecule has 2 aromatic rings. The number of sulfonamides is 1. The number of rotatable bonds is 4. The maximum absolute atomic E-state index is 13.3. The van der Waals surface area contributed by atoms with E-state index >= 15 is 0 Å². The Balaban J connectivity index is 1.95. The van der Waals surface area contributed by atoms with E-state index in [4.69, 9.17) is 0 Å². The van der Waals surface area contributed by atoms with Crippen molar-refractivity contribution >= 4 is 27.6 Å². The third kappa shape index (κ3) is 4.55. The number of anilines is 1. The largest absolute Gasteiger partial charge is 0.331 e. The van der Waals surface area contributed by atoms with Gasteiger partial charge in [-0.25, -0.2) is 22.4 Å².